The van der Waals surface area contributed by atoms with Gasteiger partial charge in [-0.25, -0.2) is 0 Å². The number of hydrogen-bond donors (Lipinski definition) is 0. The van der Waals surface area contributed by atoms with Gasteiger partial charge in [-0.3, -0.25) is 0 Å². The number of rotatable bonds is 13. The molecule has 12 aliphatic carbocycles. The third kappa shape index (κ3) is 28.6. The molecule has 2 bridgehead atoms. The van der Waals surface area contributed by atoms with Crippen LogP contribution in [-0.4, -0.2) is 60.1 Å². The van der Waals surface area contributed by atoms with Gasteiger partial charge in [0.1, 0.15) is 0 Å². The zero-order valence-electron chi connectivity index (χ0n) is 61.2. The van der Waals surface area contributed by atoms with Gasteiger partial charge in [0.15, 0.2) is 0 Å². The Morgan fingerprint density at radius 2 is 0.708 bits per heavy atom. The summed E-state index contributed by atoms with van der Waals surface area (Å²) in [6.07, 6.45) is 89.9. The maximum absolute atomic E-state index is 6.01. The molecule has 9 heteroatoms. The number of hydrogen-bond acceptors (Lipinski definition) is 0. The molecule has 2 aromatic carbocycles. The Labute approximate surface area is 623 Å². The van der Waals surface area contributed by atoms with E-state index < -0.39 is 27.0 Å². The molecule has 12 aliphatic rings. The van der Waals surface area contributed by atoms with Gasteiger partial charge >= 0.3 is 202 Å². The molecule has 2 aromatic rings. The van der Waals surface area contributed by atoms with E-state index in [-0.39, 0.29) is 15.3 Å². The van der Waals surface area contributed by atoms with Crippen LogP contribution in [0.15, 0.2) is 102 Å². The molecule has 546 valence electrons. The fraction of sp³-hybridized carbons (Fsp3) is 0.736. The Morgan fingerprint density at radius 3 is 0.990 bits per heavy atom. The summed E-state index contributed by atoms with van der Waals surface area (Å²) in [5.74, 6) is 2.83. The van der Waals surface area contributed by atoms with Crippen molar-refractivity contribution in [2.45, 2.75) is 379 Å². The number of fused-ring (bicyclic) bond motifs is 2. The van der Waals surface area contributed by atoms with E-state index in [4.69, 9.17) is 38.8 Å². The topological polar surface area (TPSA) is 0 Å². The van der Waals surface area contributed by atoms with Crippen LogP contribution in [0.3, 0.4) is 0 Å². The molecule has 0 aromatic heterocycles. The summed E-state index contributed by atoms with van der Waals surface area (Å²) in [6, 6.07) is 20.3. The van der Waals surface area contributed by atoms with Crippen LogP contribution in [0.4, 0.5) is 0 Å². The summed E-state index contributed by atoms with van der Waals surface area (Å²) in [5.41, 5.74) is 16.4. The second-order valence-electron chi connectivity index (χ2n) is 31.7. The molecule has 96 heavy (non-hydrogen) atoms. The zero-order chi connectivity index (χ0) is 66.1. The van der Waals surface area contributed by atoms with Crippen molar-refractivity contribution in [3.63, 3.8) is 0 Å². The quantitative estimate of drug-likeness (QED) is 0.0812. The molecule has 0 radical (unpaired) electrons. The zero-order valence-corrected chi connectivity index (χ0v) is 70.4. The molecule has 0 nitrogen and oxygen atoms in total. The first kappa shape index (κ1) is 82.5. The van der Waals surface area contributed by atoms with Crippen LogP contribution in [-0.2, 0) is 27.0 Å². The van der Waals surface area contributed by atoms with E-state index in [1.165, 1.54) is 113 Å². The predicted molar refractivity (Wildman–Crippen MR) is 436 cm³/mol. The Morgan fingerprint density at radius 1 is 0.375 bits per heavy atom. The predicted octanol–water partition coefficient (Wildman–Crippen LogP) is 30.3. The molecule has 0 heterocycles. The fourth-order valence-electron chi connectivity index (χ4n) is 20.5. The molecule has 14 rings (SSSR count). The molecule has 0 spiro atoms. The Hall–Kier alpha value is 0.837. The second-order valence-corrected chi connectivity index (χ2v) is 52.8. The van der Waals surface area contributed by atoms with Crippen molar-refractivity contribution in [3.8, 4) is 0 Å². The minimum atomic E-state index is -1.67. The third-order valence-corrected chi connectivity index (χ3v) is 42.0. The first-order chi connectivity index (χ1) is 46.7. The molecule has 0 N–H and O–H groups in total. The summed E-state index contributed by atoms with van der Waals surface area (Å²) in [5, 5.41) is 0. The first-order valence-corrected chi connectivity index (χ1v) is 56.4. The van der Waals surface area contributed by atoms with Gasteiger partial charge in [-0.15, -0.1) is 0 Å². The Kier molecular flexibility index (Phi) is 41.3. The fourth-order valence-corrected chi connectivity index (χ4v) is 39.3. The van der Waals surface area contributed by atoms with Gasteiger partial charge in [0.25, 0.3) is 0 Å². The molecular formula is C87H139Cl4P3Ru2. The van der Waals surface area contributed by atoms with Crippen LogP contribution in [0.5, 0.6) is 0 Å². The summed E-state index contributed by atoms with van der Waals surface area (Å²) in [6.45, 7) is 4.27. The van der Waals surface area contributed by atoms with Crippen LogP contribution in [0.25, 0.3) is 6.08 Å². The van der Waals surface area contributed by atoms with Gasteiger partial charge in [-0.1, -0.05) is 174 Å². The number of benzene rings is 2. The molecule has 4 atom stereocenters. The summed E-state index contributed by atoms with van der Waals surface area (Å²) >= 11 is -3.28. The minimum absolute atomic E-state index is 0. The van der Waals surface area contributed by atoms with Crippen molar-refractivity contribution in [2.24, 2.45) is 23.7 Å². The van der Waals surface area contributed by atoms with Crippen molar-refractivity contribution in [1.29, 1.82) is 0 Å². The van der Waals surface area contributed by atoms with Crippen LogP contribution in [0, 0.1) is 31.1 Å². The van der Waals surface area contributed by atoms with E-state index in [1.807, 2.05) is 41.0 Å². The van der Waals surface area contributed by atoms with Crippen molar-refractivity contribution in [3.05, 3.63) is 121 Å². The maximum atomic E-state index is 6.01. The molecule has 0 aliphatic heterocycles. The monoisotopic (exact) mass is 1620 g/mol. The van der Waals surface area contributed by atoms with Crippen molar-refractivity contribution in [2.75, 3.05) is 0 Å². The van der Waals surface area contributed by atoms with Gasteiger partial charge in [0.05, 0.1) is 17.0 Å². The number of halogens is 4. The van der Waals surface area contributed by atoms with Crippen LogP contribution in [0.2, 0.25) is 0 Å². The first-order valence-electron chi connectivity index (χ1n) is 40.6. The van der Waals surface area contributed by atoms with Crippen LogP contribution < -0.4 is 0 Å². The summed E-state index contributed by atoms with van der Waals surface area (Å²) in [7, 11) is 24.1. The number of allylic oxidation sites excluding steroid dienone is 7. The van der Waals surface area contributed by atoms with E-state index in [1.54, 1.807) is 256 Å². The van der Waals surface area contributed by atoms with Crippen molar-refractivity contribution < 1.29 is 27.0 Å². The van der Waals surface area contributed by atoms with Gasteiger partial charge < -0.3 is 7.43 Å². The molecule has 4 unspecified atom stereocenters. The van der Waals surface area contributed by atoms with Gasteiger partial charge in [-0.05, 0) is 220 Å². The van der Waals surface area contributed by atoms with E-state index in [0.717, 1.165) is 30.2 Å². The van der Waals surface area contributed by atoms with Gasteiger partial charge in [-0.2, -0.15) is 0 Å². The average molecular weight is 1620 g/mol. The third-order valence-electron chi connectivity index (χ3n) is 25.2. The molecule has 0 amide bonds. The summed E-state index contributed by atoms with van der Waals surface area (Å²) < 4.78 is 4.10. The van der Waals surface area contributed by atoms with Crippen LogP contribution in [0.1, 0.15) is 340 Å². The molecule has 11 fully saturated rings. The van der Waals surface area contributed by atoms with Crippen molar-refractivity contribution >= 4 is 77.8 Å². The van der Waals surface area contributed by atoms with Crippen LogP contribution >= 0.6 is 62.5 Å². The average Bonchev–Trinajstić information content (AvgIpc) is 1.03. The molecule has 0 saturated heterocycles. The van der Waals surface area contributed by atoms with E-state index in [2.05, 4.69) is 79.2 Å². The second kappa shape index (κ2) is 48.1. The summed E-state index contributed by atoms with van der Waals surface area (Å²) in [4.78, 5) is 0. The SMILES string of the molecule is C/C=C1\CC(/C=C/c2ccccc2)CC1[CH]=[Ru]([Cl])[Cl].C/C=C1\CC2C=CC1C2.C1CCC(P(C2CCCCC2)C2CCCCC2)CC1.C1CCC(P(C2CCCCC2)C2CCCCC2)CC1.C1CCC([PH+](C2CCCCC2)C2CCCCC2)CC1.[CH3-].[Cl][Ru]([Cl])=[CH]c1ccccc1. The normalized spacial score (nSPS) is 27.5. The van der Waals surface area contributed by atoms with E-state index in [9.17, 15) is 0 Å². The van der Waals surface area contributed by atoms with Gasteiger partial charge in [0.2, 0.25) is 0 Å². The van der Waals surface area contributed by atoms with E-state index >= 15 is 0 Å². The Balaban J connectivity index is 0.000000150. The van der Waals surface area contributed by atoms with Crippen molar-refractivity contribution in [1.82, 2.24) is 0 Å². The van der Waals surface area contributed by atoms with Gasteiger partial charge in [0, 0.05) is 7.92 Å². The Bertz CT molecular complexity index is 2280. The standard InChI is InChI=1S/3C18H33P.C16H18.C9H12.C7H6.CH3.4ClH.2Ru/c3*1-4-10-16(11-5-1)19(17-12-6-2-7-13-17)18-14-8-3-9-15-18;1-3-16-12-15(11-13(16)2)10-9-14-7-5-4-6-8-14;1-2-8-5-7-3-4-9(8)6-7;1-7-5-3-2-4-6-7;;;;;;;/h3*16-18H,1-15H2;2-10,13,15H,11-12H2,1H3;2-4,7,9H,5-6H2,1H3;1-6H;1H3;4*1H;;/q;;;;;;-1;;;;;2*+2/p-3/b;;;10-9+,16-3+;8-2+;;;;;;;;. The molecular weight excluding hydrogens is 1480 g/mol. The van der Waals surface area contributed by atoms with E-state index in [0.29, 0.717) is 27.7 Å². The molecule has 11 saturated carbocycles.